The van der Waals surface area contributed by atoms with Crippen LogP contribution in [0.4, 0.5) is 11.4 Å². The molecular formula is C12H15N3O4. The van der Waals surface area contributed by atoms with Crippen LogP contribution in [0.25, 0.3) is 0 Å². The average molecular weight is 265 g/mol. The van der Waals surface area contributed by atoms with E-state index in [0.717, 1.165) is 11.3 Å². The average Bonchev–Trinajstić information content (AvgIpc) is 2.79. The number of carbonyl (C=O) groups excluding carboxylic acids is 1. The number of esters is 1. The minimum absolute atomic E-state index is 0.0767. The Balaban J connectivity index is 2.02. The van der Waals surface area contributed by atoms with Gasteiger partial charge in [0, 0.05) is 25.2 Å². The maximum absolute atomic E-state index is 11.3. The predicted molar refractivity (Wildman–Crippen MR) is 68.5 cm³/mol. The highest BCUT2D eigenvalue weighted by molar-refractivity contribution is 5.70. The molecule has 102 valence electrons. The van der Waals surface area contributed by atoms with Gasteiger partial charge < -0.3 is 9.75 Å². The third-order valence-corrected chi connectivity index (χ3v) is 2.87. The molecule has 0 amide bonds. The van der Waals surface area contributed by atoms with E-state index in [9.17, 15) is 14.9 Å². The molecule has 2 rings (SSSR count). The first-order valence-electron chi connectivity index (χ1n) is 6.05. The fourth-order valence-electron chi connectivity index (χ4n) is 1.99. The van der Waals surface area contributed by atoms with E-state index in [1.807, 2.05) is 5.01 Å². The smallest absolute Gasteiger partial charge is 0.307 e. The number of hydrazine groups is 1. The Kier molecular flexibility index (Phi) is 3.96. The zero-order valence-corrected chi connectivity index (χ0v) is 10.6. The summed E-state index contributed by atoms with van der Waals surface area (Å²) in [6, 6.07) is 4.70. The summed E-state index contributed by atoms with van der Waals surface area (Å²) in [6.07, 6.45) is 0.275. The third kappa shape index (κ3) is 3.00. The van der Waals surface area contributed by atoms with Gasteiger partial charge >= 0.3 is 5.97 Å². The molecule has 0 bridgehead atoms. The van der Waals surface area contributed by atoms with Gasteiger partial charge in [0.2, 0.25) is 0 Å². The molecule has 1 heterocycles. The molecule has 1 aliphatic heterocycles. The van der Waals surface area contributed by atoms with E-state index in [-0.39, 0.29) is 18.1 Å². The summed E-state index contributed by atoms with van der Waals surface area (Å²) in [5.74, 6) is -0.250. The Hall–Kier alpha value is -2.15. The summed E-state index contributed by atoms with van der Waals surface area (Å²) in [6.45, 7) is 3.14. The van der Waals surface area contributed by atoms with Gasteiger partial charge in [-0.1, -0.05) is 0 Å². The number of anilines is 1. The summed E-state index contributed by atoms with van der Waals surface area (Å²) < 4.78 is 4.86. The van der Waals surface area contributed by atoms with Crippen LogP contribution in [0.15, 0.2) is 18.2 Å². The highest BCUT2D eigenvalue weighted by Gasteiger charge is 2.21. The number of hydrogen-bond donors (Lipinski definition) is 1. The van der Waals surface area contributed by atoms with Crippen molar-refractivity contribution >= 4 is 17.3 Å². The number of nitro groups is 1. The number of nitro benzene ring substituents is 1. The van der Waals surface area contributed by atoms with Gasteiger partial charge in [-0.15, -0.1) is 0 Å². The van der Waals surface area contributed by atoms with Gasteiger partial charge in [0.1, 0.15) is 0 Å². The first-order chi connectivity index (χ1) is 9.11. The molecule has 1 aliphatic rings. The quantitative estimate of drug-likeness (QED) is 0.491. The van der Waals surface area contributed by atoms with Crippen LogP contribution in [0.1, 0.15) is 18.9 Å². The third-order valence-electron chi connectivity index (χ3n) is 2.87. The minimum Gasteiger partial charge on any atom is -0.466 e. The summed E-state index contributed by atoms with van der Waals surface area (Å²) in [5.41, 5.74) is 4.89. The Morgan fingerprint density at radius 2 is 2.37 bits per heavy atom. The highest BCUT2D eigenvalue weighted by Crippen LogP contribution is 2.28. The van der Waals surface area contributed by atoms with Gasteiger partial charge in [-0.25, -0.2) is 5.43 Å². The fourth-order valence-corrected chi connectivity index (χ4v) is 1.99. The van der Waals surface area contributed by atoms with Gasteiger partial charge in [-0.2, -0.15) is 0 Å². The topological polar surface area (TPSA) is 84.7 Å². The van der Waals surface area contributed by atoms with Crippen LogP contribution in [-0.4, -0.2) is 24.0 Å². The van der Waals surface area contributed by atoms with Crippen LogP contribution in [-0.2, 0) is 16.1 Å². The van der Waals surface area contributed by atoms with E-state index in [1.165, 1.54) is 6.07 Å². The fraction of sp³-hybridized carbons (Fsp3) is 0.417. The lowest BCUT2D eigenvalue weighted by atomic mass is 10.1. The van der Waals surface area contributed by atoms with E-state index in [1.54, 1.807) is 19.1 Å². The van der Waals surface area contributed by atoms with Gasteiger partial charge in [0.25, 0.3) is 5.69 Å². The van der Waals surface area contributed by atoms with Crippen LogP contribution >= 0.6 is 0 Å². The molecule has 19 heavy (non-hydrogen) atoms. The molecule has 0 saturated heterocycles. The first-order valence-corrected chi connectivity index (χ1v) is 6.05. The zero-order valence-electron chi connectivity index (χ0n) is 10.6. The van der Waals surface area contributed by atoms with Gasteiger partial charge in [-0.3, -0.25) is 14.9 Å². The number of carbonyl (C=O) groups is 1. The molecule has 0 atom stereocenters. The van der Waals surface area contributed by atoms with Crippen molar-refractivity contribution < 1.29 is 14.5 Å². The predicted octanol–water partition coefficient (Wildman–Crippen LogP) is 1.37. The van der Waals surface area contributed by atoms with Crippen molar-refractivity contribution in [2.75, 3.05) is 18.2 Å². The largest absolute Gasteiger partial charge is 0.466 e. The van der Waals surface area contributed by atoms with Gasteiger partial charge in [0.05, 0.1) is 23.6 Å². The SMILES string of the molecule is CCOC(=O)CCN1NCc2cc([N+](=O)[O-])ccc21. The number of rotatable bonds is 5. The van der Waals surface area contributed by atoms with Crippen molar-refractivity contribution in [3.05, 3.63) is 33.9 Å². The molecule has 0 aromatic heterocycles. The number of nitrogens with one attached hydrogen (secondary N) is 1. The van der Waals surface area contributed by atoms with E-state index in [0.29, 0.717) is 19.7 Å². The molecular weight excluding hydrogens is 250 g/mol. The van der Waals surface area contributed by atoms with E-state index in [2.05, 4.69) is 5.43 Å². The number of fused-ring (bicyclic) bond motifs is 1. The number of ether oxygens (including phenoxy) is 1. The molecule has 0 spiro atoms. The molecule has 1 aromatic rings. The molecule has 0 radical (unpaired) electrons. The second kappa shape index (κ2) is 5.66. The Morgan fingerprint density at radius 1 is 1.58 bits per heavy atom. The van der Waals surface area contributed by atoms with Crippen molar-refractivity contribution in [3.8, 4) is 0 Å². The normalized spacial score (nSPS) is 13.2. The molecule has 0 saturated carbocycles. The molecule has 7 nitrogen and oxygen atoms in total. The standard InChI is InChI=1S/C12H15N3O4/c1-2-19-12(16)5-6-14-11-4-3-10(15(17)18)7-9(11)8-13-14/h3-4,7,13H,2,5-6,8H2,1H3. The van der Waals surface area contributed by atoms with Crippen molar-refractivity contribution in [2.45, 2.75) is 19.9 Å². The van der Waals surface area contributed by atoms with Crippen LogP contribution in [0.3, 0.4) is 0 Å². The van der Waals surface area contributed by atoms with Crippen molar-refractivity contribution in [1.29, 1.82) is 0 Å². The summed E-state index contributed by atoms with van der Waals surface area (Å²) in [4.78, 5) is 21.6. The second-order valence-electron chi connectivity index (χ2n) is 4.11. The molecule has 0 unspecified atom stereocenters. The van der Waals surface area contributed by atoms with Gasteiger partial charge in [0.15, 0.2) is 0 Å². The number of hydrogen-bond acceptors (Lipinski definition) is 6. The van der Waals surface area contributed by atoms with Gasteiger partial charge in [-0.05, 0) is 18.6 Å². The summed E-state index contributed by atoms with van der Waals surface area (Å²) >= 11 is 0. The molecule has 0 aliphatic carbocycles. The minimum atomic E-state index is -0.415. The highest BCUT2D eigenvalue weighted by atomic mass is 16.6. The Labute approximate surface area is 110 Å². The molecule has 0 fully saturated rings. The molecule has 1 aromatic carbocycles. The van der Waals surface area contributed by atoms with Crippen LogP contribution in [0.5, 0.6) is 0 Å². The number of non-ortho nitro benzene ring substituents is 1. The van der Waals surface area contributed by atoms with Crippen molar-refractivity contribution in [3.63, 3.8) is 0 Å². The van der Waals surface area contributed by atoms with Crippen molar-refractivity contribution in [1.82, 2.24) is 5.43 Å². The number of benzene rings is 1. The lowest BCUT2D eigenvalue weighted by molar-refractivity contribution is -0.384. The summed E-state index contributed by atoms with van der Waals surface area (Å²) in [5, 5.41) is 12.5. The second-order valence-corrected chi connectivity index (χ2v) is 4.11. The van der Waals surface area contributed by atoms with E-state index in [4.69, 9.17) is 4.74 Å². The summed E-state index contributed by atoms with van der Waals surface area (Å²) in [7, 11) is 0. The molecule has 1 N–H and O–H groups in total. The lowest BCUT2D eigenvalue weighted by Gasteiger charge is -2.18. The van der Waals surface area contributed by atoms with Crippen LogP contribution in [0.2, 0.25) is 0 Å². The van der Waals surface area contributed by atoms with Crippen LogP contribution in [0, 0.1) is 10.1 Å². The van der Waals surface area contributed by atoms with Crippen LogP contribution < -0.4 is 10.4 Å². The lowest BCUT2D eigenvalue weighted by Crippen LogP contribution is -2.34. The first kappa shape index (κ1) is 13.3. The monoisotopic (exact) mass is 265 g/mol. The molecule has 7 heteroatoms. The number of nitrogens with zero attached hydrogens (tertiary/aromatic N) is 2. The Bertz CT molecular complexity index is 504. The maximum atomic E-state index is 11.3. The zero-order chi connectivity index (χ0) is 13.8. The van der Waals surface area contributed by atoms with Crippen molar-refractivity contribution in [2.24, 2.45) is 0 Å². The maximum Gasteiger partial charge on any atom is 0.307 e. The van der Waals surface area contributed by atoms with E-state index >= 15 is 0 Å². The Morgan fingerprint density at radius 3 is 3.05 bits per heavy atom. The van der Waals surface area contributed by atoms with E-state index < -0.39 is 4.92 Å².